The van der Waals surface area contributed by atoms with E-state index in [4.69, 9.17) is 10.00 Å². The van der Waals surface area contributed by atoms with Gasteiger partial charge in [0.1, 0.15) is 11.9 Å². The molecule has 0 aliphatic heterocycles. The number of nitriles is 1. The third-order valence-electron chi connectivity index (χ3n) is 2.93. The molecule has 0 aromatic heterocycles. The molecule has 0 atom stereocenters. The fourth-order valence-electron chi connectivity index (χ4n) is 1.84. The van der Waals surface area contributed by atoms with Gasteiger partial charge in [-0.25, -0.2) is 9.18 Å². The first kappa shape index (κ1) is 16.9. The van der Waals surface area contributed by atoms with Gasteiger partial charge in [-0.15, -0.1) is 0 Å². The van der Waals surface area contributed by atoms with E-state index in [0.717, 1.165) is 6.08 Å². The van der Waals surface area contributed by atoms with Crippen molar-refractivity contribution in [2.45, 2.75) is 0 Å². The van der Waals surface area contributed by atoms with E-state index in [1.165, 1.54) is 24.3 Å². The first-order chi connectivity index (χ1) is 11.6. The van der Waals surface area contributed by atoms with E-state index in [2.05, 4.69) is 5.32 Å². The zero-order valence-corrected chi connectivity index (χ0v) is 12.5. The summed E-state index contributed by atoms with van der Waals surface area (Å²) in [6.45, 7) is -0.494. The highest BCUT2D eigenvalue weighted by Gasteiger charge is 2.08. The molecule has 0 bridgehead atoms. The van der Waals surface area contributed by atoms with E-state index in [0.29, 0.717) is 16.8 Å². The molecule has 2 aromatic rings. The van der Waals surface area contributed by atoms with E-state index >= 15 is 0 Å². The lowest BCUT2D eigenvalue weighted by molar-refractivity contribution is -0.142. The molecule has 2 rings (SSSR count). The number of amides is 1. The average Bonchev–Trinajstić information content (AvgIpc) is 2.58. The molecular formula is C18H13FN2O3. The summed E-state index contributed by atoms with van der Waals surface area (Å²) in [6.07, 6.45) is 2.49. The number of esters is 1. The number of nitrogens with zero attached hydrogens (tertiary/aromatic N) is 1. The topological polar surface area (TPSA) is 79.2 Å². The van der Waals surface area contributed by atoms with Crippen LogP contribution in [-0.4, -0.2) is 18.5 Å². The monoisotopic (exact) mass is 324 g/mol. The van der Waals surface area contributed by atoms with Gasteiger partial charge in [0, 0.05) is 6.08 Å². The Morgan fingerprint density at radius 1 is 1.21 bits per heavy atom. The Bertz CT molecular complexity index is 825. The first-order valence-electron chi connectivity index (χ1n) is 6.98. The second-order valence-corrected chi connectivity index (χ2v) is 4.70. The van der Waals surface area contributed by atoms with E-state index in [9.17, 15) is 14.0 Å². The molecule has 0 aliphatic carbocycles. The van der Waals surface area contributed by atoms with Gasteiger partial charge in [0.05, 0.1) is 11.3 Å². The predicted molar refractivity (Wildman–Crippen MR) is 86.2 cm³/mol. The molecule has 6 heteroatoms. The molecule has 0 unspecified atom stereocenters. The van der Waals surface area contributed by atoms with Crippen LogP contribution in [0.1, 0.15) is 11.1 Å². The molecule has 1 N–H and O–H groups in total. The lowest BCUT2D eigenvalue weighted by atomic mass is 10.2. The molecule has 1 amide bonds. The maximum atomic E-state index is 13.0. The van der Waals surface area contributed by atoms with Crippen LogP contribution in [0.5, 0.6) is 0 Å². The molecule has 0 saturated carbocycles. The van der Waals surface area contributed by atoms with Crippen molar-refractivity contribution in [1.29, 1.82) is 5.26 Å². The van der Waals surface area contributed by atoms with Crippen LogP contribution >= 0.6 is 0 Å². The number of benzene rings is 2. The highest BCUT2D eigenvalue weighted by atomic mass is 19.1. The summed E-state index contributed by atoms with van der Waals surface area (Å²) in [5.74, 6) is -1.71. The highest BCUT2D eigenvalue weighted by Crippen LogP contribution is 2.13. The van der Waals surface area contributed by atoms with Crippen LogP contribution in [0.25, 0.3) is 6.08 Å². The Kier molecular flexibility index (Phi) is 5.81. The van der Waals surface area contributed by atoms with Crippen LogP contribution < -0.4 is 5.32 Å². The standard InChI is InChI=1S/C18H13FN2O3/c19-15-6-3-4-13(10-15)8-9-18(23)24-12-17(22)21-16-7-2-1-5-14(16)11-20/h1-10H,12H2,(H,21,22)/b9-8-. The molecule has 0 saturated heterocycles. The fraction of sp³-hybridized carbons (Fsp3) is 0.0556. The Hall–Kier alpha value is -3.46. The lowest BCUT2D eigenvalue weighted by Gasteiger charge is -2.06. The fourth-order valence-corrected chi connectivity index (χ4v) is 1.84. The molecular weight excluding hydrogens is 311 g/mol. The van der Waals surface area contributed by atoms with Gasteiger partial charge >= 0.3 is 5.97 Å². The minimum absolute atomic E-state index is 0.308. The van der Waals surface area contributed by atoms with E-state index in [-0.39, 0.29) is 0 Å². The van der Waals surface area contributed by atoms with Gasteiger partial charge in [0.15, 0.2) is 6.61 Å². The zero-order valence-electron chi connectivity index (χ0n) is 12.5. The van der Waals surface area contributed by atoms with Crippen LogP contribution in [0.2, 0.25) is 0 Å². The van der Waals surface area contributed by atoms with Gasteiger partial charge in [0.2, 0.25) is 0 Å². The van der Waals surface area contributed by atoms with Crippen LogP contribution in [0.3, 0.4) is 0 Å². The summed E-state index contributed by atoms with van der Waals surface area (Å²) >= 11 is 0. The summed E-state index contributed by atoms with van der Waals surface area (Å²) in [5.41, 5.74) is 1.15. The van der Waals surface area contributed by atoms with Crippen molar-refractivity contribution in [3.05, 3.63) is 71.6 Å². The second kappa shape index (κ2) is 8.25. The van der Waals surface area contributed by atoms with Crippen molar-refractivity contribution in [3.63, 3.8) is 0 Å². The molecule has 5 nitrogen and oxygen atoms in total. The minimum atomic E-state index is -0.733. The van der Waals surface area contributed by atoms with Crippen molar-refractivity contribution in [2.24, 2.45) is 0 Å². The van der Waals surface area contributed by atoms with Gasteiger partial charge in [-0.2, -0.15) is 5.26 Å². The number of carbonyl (C=O) groups excluding carboxylic acids is 2. The molecule has 0 aliphatic rings. The number of anilines is 1. The van der Waals surface area contributed by atoms with E-state index in [1.807, 2.05) is 6.07 Å². The Morgan fingerprint density at radius 3 is 2.75 bits per heavy atom. The van der Waals surface area contributed by atoms with E-state index < -0.39 is 24.3 Å². The number of ether oxygens (including phenoxy) is 1. The highest BCUT2D eigenvalue weighted by molar-refractivity contribution is 5.95. The van der Waals surface area contributed by atoms with Crippen molar-refractivity contribution in [1.82, 2.24) is 0 Å². The van der Waals surface area contributed by atoms with Gasteiger partial charge in [-0.05, 0) is 35.9 Å². The van der Waals surface area contributed by atoms with Gasteiger partial charge in [-0.1, -0.05) is 24.3 Å². The summed E-state index contributed by atoms with van der Waals surface area (Å²) in [7, 11) is 0. The lowest BCUT2D eigenvalue weighted by Crippen LogP contribution is -2.20. The molecule has 24 heavy (non-hydrogen) atoms. The van der Waals surface area contributed by atoms with Crippen LogP contribution in [0.15, 0.2) is 54.6 Å². The SMILES string of the molecule is N#Cc1ccccc1NC(=O)COC(=O)/C=C\c1cccc(F)c1. The minimum Gasteiger partial charge on any atom is -0.452 e. The molecule has 0 fully saturated rings. The number of para-hydroxylation sites is 1. The van der Waals surface area contributed by atoms with Crippen molar-refractivity contribution in [2.75, 3.05) is 11.9 Å². The number of halogens is 1. The number of rotatable bonds is 5. The maximum absolute atomic E-state index is 13.0. The number of carbonyl (C=O) groups is 2. The second-order valence-electron chi connectivity index (χ2n) is 4.70. The third kappa shape index (κ3) is 5.07. The van der Waals surface area contributed by atoms with E-state index in [1.54, 1.807) is 30.3 Å². The predicted octanol–water partition coefficient (Wildman–Crippen LogP) is 2.89. The number of hydrogen-bond donors (Lipinski definition) is 1. The summed E-state index contributed by atoms with van der Waals surface area (Å²) in [5, 5.41) is 11.4. The smallest absolute Gasteiger partial charge is 0.331 e. The van der Waals surface area contributed by atoms with Crippen LogP contribution in [-0.2, 0) is 14.3 Å². The molecule has 0 radical (unpaired) electrons. The largest absolute Gasteiger partial charge is 0.452 e. The maximum Gasteiger partial charge on any atom is 0.331 e. The number of nitrogens with one attached hydrogen (secondary N) is 1. The average molecular weight is 324 g/mol. The summed E-state index contributed by atoms with van der Waals surface area (Å²) < 4.78 is 17.8. The Labute approximate surface area is 138 Å². The number of hydrogen-bond acceptors (Lipinski definition) is 4. The quantitative estimate of drug-likeness (QED) is 0.677. The molecule has 120 valence electrons. The Balaban J connectivity index is 1.85. The summed E-state index contributed by atoms with van der Waals surface area (Å²) in [6, 6.07) is 14.1. The van der Waals surface area contributed by atoms with Gasteiger partial charge in [0.25, 0.3) is 5.91 Å². The van der Waals surface area contributed by atoms with Crippen molar-refractivity contribution >= 4 is 23.6 Å². The van der Waals surface area contributed by atoms with Gasteiger partial charge < -0.3 is 10.1 Å². The molecule has 2 aromatic carbocycles. The van der Waals surface area contributed by atoms with Crippen molar-refractivity contribution in [3.8, 4) is 6.07 Å². The molecule has 0 spiro atoms. The summed E-state index contributed by atoms with van der Waals surface area (Å²) in [4.78, 5) is 23.3. The van der Waals surface area contributed by atoms with Crippen molar-refractivity contribution < 1.29 is 18.7 Å². The first-order valence-corrected chi connectivity index (χ1v) is 6.98. The zero-order chi connectivity index (χ0) is 17.4. The third-order valence-corrected chi connectivity index (χ3v) is 2.93. The van der Waals surface area contributed by atoms with Crippen LogP contribution in [0.4, 0.5) is 10.1 Å². The normalized spacial score (nSPS) is 10.2. The molecule has 0 heterocycles. The van der Waals surface area contributed by atoms with Crippen LogP contribution in [0, 0.1) is 17.1 Å². The Morgan fingerprint density at radius 2 is 2.00 bits per heavy atom. The van der Waals surface area contributed by atoms with Gasteiger partial charge in [-0.3, -0.25) is 4.79 Å².